The molecule has 0 aromatic heterocycles. The molecule has 1 aromatic carbocycles. The number of benzene rings is 1. The highest BCUT2D eigenvalue weighted by molar-refractivity contribution is 5.78. The lowest BCUT2D eigenvalue weighted by Crippen LogP contribution is -2.22. The van der Waals surface area contributed by atoms with Gasteiger partial charge in [0.1, 0.15) is 19.0 Å². The molecule has 6 heteroatoms. The van der Waals surface area contributed by atoms with Gasteiger partial charge in [-0.3, -0.25) is 4.79 Å². The van der Waals surface area contributed by atoms with E-state index in [0.29, 0.717) is 24.7 Å². The molecule has 1 aromatic rings. The monoisotopic (exact) mass is 239 g/mol. The number of aromatic hydroxyl groups is 1. The Morgan fingerprint density at radius 3 is 2.47 bits per heavy atom. The van der Waals surface area contributed by atoms with E-state index in [9.17, 15) is 9.90 Å². The maximum absolute atomic E-state index is 11.0. The fraction of sp³-hybridized carbons (Fsp3) is 0.364. The molecule has 0 aliphatic carbocycles. The summed E-state index contributed by atoms with van der Waals surface area (Å²) in [6, 6.07) is 2.82. The van der Waals surface area contributed by atoms with Crippen LogP contribution in [0.15, 0.2) is 12.1 Å². The number of ether oxygens (including phenoxy) is 2. The third-order valence-electron chi connectivity index (χ3n) is 2.60. The molecule has 0 saturated carbocycles. The van der Waals surface area contributed by atoms with Gasteiger partial charge in [-0.25, -0.2) is 0 Å². The van der Waals surface area contributed by atoms with Crippen molar-refractivity contribution < 1.29 is 24.5 Å². The number of phenolic OH excluding ortho intramolecular Hbond substituents is 1. The first-order valence-electron chi connectivity index (χ1n) is 5.19. The second kappa shape index (κ2) is 4.50. The van der Waals surface area contributed by atoms with Crippen LogP contribution >= 0.6 is 0 Å². The third kappa shape index (κ3) is 2.12. The van der Waals surface area contributed by atoms with Crippen LogP contribution in [0.5, 0.6) is 17.2 Å². The van der Waals surface area contributed by atoms with Crippen LogP contribution in [0, 0.1) is 0 Å². The fourth-order valence-corrected chi connectivity index (χ4v) is 1.73. The summed E-state index contributed by atoms with van der Waals surface area (Å²) in [6.07, 6.45) is 0. The number of hydrogen-bond donors (Lipinski definition) is 3. The second-order valence-electron chi connectivity index (χ2n) is 3.68. The van der Waals surface area contributed by atoms with E-state index >= 15 is 0 Å². The van der Waals surface area contributed by atoms with Gasteiger partial charge in [0.05, 0.1) is 5.92 Å². The zero-order valence-electron chi connectivity index (χ0n) is 9.05. The first-order chi connectivity index (χ1) is 8.13. The summed E-state index contributed by atoms with van der Waals surface area (Å²) in [7, 11) is 0. The first kappa shape index (κ1) is 11.5. The van der Waals surface area contributed by atoms with Gasteiger partial charge in [-0.2, -0.15) is 0 Å². The molecule has 4 N–H and O–H groups in total. The Balaban J connectivity index is 2.43. The van der Waals surface area contributed by atoms with E-state index in [0.717, 1.165) is 0 Å². The standard InChI is InChI=1S/C11H13NO5/c12-5-7(11(14)15)6-3-9-10(4-8(6)13)17-2-1-16-9/h3-4,7,13H,1-2,5,12H2,(H,14,15). The minimum absolute atomic E-state index is 0.0947. The lowest BCUT2D eigenvalue weighted by molar-refractivity contribution is -0.138. The highest BCUT2D eigenvalue weighted by Gasteiger charge is 2.25. The van der Waals surface area contributed by atoms with Crippen molar-refractivity contribution >= 4 is 5.97 Å². The van der Waals surface area contributed by atoms with E-state index in [2.05, 4.69) is 0 Å². The summed E-state index contributed by atoms with van der Waals surface area (Å²) in [5.74, 6) is -1.33. The van der Waals surface area contributed by atoms with E-state index in [1.807, 2.05) is 0 Å². The van der Waals surface area contributed by atoms with Crippen LogP contribution in [0.1, 0.15) is 11.5 Å². The quantitative estimate of drug-likeness (QED) is 0.700. The maximum Gasteiger partial charge on any atom is 0.312 e. The lowest BCUT2D eigenvalue weighted by atomic mass is 9.97. The van der Waals surface area contributed by atoms with Crippen LogP contribution in [0.25, 0.3) is 0 Å². The van der Waals surface area contributed by atoms with E-state index in [-0.39, 0.29) is 17.9 Å². The Morgan fingerprint density at radius 2 is 1.94 bits per heavy atom. The van der Waals surface area contributed by atoms with Crippen LogP contribution in [0.2, 0.25) is 0 Å². The van der Waals surface area contributed by atoms with Gasteiger partial charge in [0.25, 0.3) is 0 Å². The Labute approximate surface area is 97.6 Å². The van der Waals surface area contributed by atoms with E-state index in [1.54, 1.807) is 0 Å². The average Bonchev–Trinajstić information content (AvgIpc) is 2.30. The molecule has 1 aliphatic rings. The molecule has 6 nitrogen and oxygen atoms in total. The van der Waals surface area contributed by atoms with Gasteiger partial charge in [-0.05, 0) is 6.07 Å². The summed E-state index contributed by atoms with van der Waals surface area (Å²) in [6.45, 7) is 0.713. The second-order valence-corrected chi connectivity index (χ2v) is 3.68. The Morgan fingerprint density at radius 1 is 1.35 bits per heavy atom. The average molecular weight is 239 g/mol. The SMILES string of the molecule is NCC(C(=O)O)c1cc2c(cc1O)OCCO2. The topological polar surface area (TPSA) is 102 Å². The third-order valence-corrected chi connectivity index (χ3v) is 2.60. The Hall–Kier alpha value is -1.95. The van der Waals surface area contributed by atoms with Crippen LogP contribution in [-0.2, 0) is 4.79 Å². The molecule has 1 unspecified atom stereocenters. The van der Waals surface area contributed by atoms with Gasteiger partial charge in [0, 0.05) is 18.2 Å². The minimum Gasteiger partial charge on any atom is -0.507 e. The number of rotatable bonds is 3. The Kier molecular flexibility index (Phi) is 3.06. The van der Waals surface area contributed by atoms with E-state index in [1.165, 1.54) is 12.1 Å². The van der Waals surface area contributed by atoms with Crippen LogP contribution in [0.4, 0.5) is 0 Å². The number of carboxylic acid groups (broad SMARTS) is 1. The molecule has 92 valence electrons. The predicted octanol–water partition coefficient (Wildman–Crippen LogP) is 0.290. The molecule has 0 saturated heterocycles. The summed E-state index contributed by atoms with van der Waals surface area (Å²) in [5.41, 5.74) is 5.63. The van der Waals surface area contributed by atoms with Crippen LogP contribution < -0.4 is 15.2 Å². The molecule has 2 rings (SSSR count). The zero-order chi connectivity index (χ0) is 12.4. The molecule has 0 amide bonds. The summed E-state index contributed by atoms with van der Waals surface area (Å²) in [4.78, 5) is 11.0. The van der Waals surface area contributed by atoms with E-state index in [4.69, 9.17) is 20.3 Å². The molecule has 1 aliphatic heterocycles. The summed E-state index contributed by atoms with van der Waals surface area (Å²) in [5, 5.41) is 18.8. The highest BCUT2D eigenvalue weighted by Crippen LogP contribution is 2.38. The normalized spacial score (nSPS) is 15.4. The van der Waals surface area contributed by atoms with Crippen molar-refractivity contribution in [3.05, 3.63) is 17.7 Å². The molecule has 1 heterocycles. The van der Waals surface area contributed by atoms with E-state index < -0.39 is 11.9 Å². The molecule has 0 bridgehead atoms. The number of carbonyl (C=O) groups is 1. The van der Waals surface area contributed by atoms with Crippen molar-refractivity contribution in [2.45, 2.75) is 5.92 Å². The molecular weight excluding hydrogens is 226 g/mol. The molecule has 1 atom stereocenters. The van der Waals surface area contributed by atoms with Gasteiger partial charge in [0.2, 0.25) is 0 Å². The van der Waals surface area contributed by atoms with Crippen molar-refractivity contribution in [1.82, 2.24) is 0 Å². The minimum atomic E-state index is -1.08. The van der Waals surface area contributed by atoms with Crippen LogP contribution in [-0.4, -0.2) is 35.9 Å². The van der Waals surface area contributed by atoms with Gasteiger partial charge in [0.15, 0.2) is 11.5 Å². The smallest absolute Gasteiger partial charge is 0.312 e. The first-order valence-corrected chi connectivity index (χ1v) is 5.19. The number of phenols is 1. The number of carboxylic acids is 1. The summed E-state index contributed by atoms with van der Waals surface area (Å²) >= 11 is 0. The van der Waals surface area contributed by atoms with Gasteiger partial charge < -0.3 is 25.4 Å². The van der Waals surface area contributed by atoms with Crippen molar-refractivity contribution in [3.63, 3.8) is 0 Å². The Bertz CT molecular complexity index is 446. The molecular formula is C11H13NO5. The lowest BCUT2D eigenvalue weighted by Gasteiger charge is -2.21. The molecule has 0 fully saturated rings. The van der Waals surface area contributed by atoms with Gasteiger partial charge >= 0.3 is 5.97 Å². The van der Waals surface area contributed by atoms with Crippen molar-refractivity contribution in [2.75, 3.05) is 19.8 Å². The number of aliphatic carboxylic acids is 1. The zero-order valence-corrected chi connectivity index (χ0v) is 9.05. The predicted molar refractivity (Wildman–Crippen MR) is 58.5 cm³/mol. The van der Waals surface area contributed by atoms with Gasteiger partial charge in [-0.15, -0.1) is 0 Å². The molecule has 0 radical (unpaired) electrons. The largest absolute Gasteiger partial charge is 0.507 e. The number of nitrogens with two attached hydrogens (primary N) is 1. The number of fused-ring (bicyclic) bond motifs is 1. The molecule has 0 spiro atoms. The van der Waals surface area contributed by atoms with Gasteiger partial charge in [-0.1, -0.05) is 0 Å². The van der Waals surface area contributed by atoms with Crippen molar-refractivity contribution in [3.8, 4) is 17.2 Å². The fourth-order valence-electron chi connectivity index (χ4n) is 1.73. The number of hydrogen-bond acceptors (Lipinski definition) is 5. The highest BCUT2D eigenvalue weighted by atomic mass is 16.6. The van der Waals surface area contributed by atoms with Crippen molar-refractivity contribution in [2.24, 2.45) is 5.73 Å². The van der Waals surface area contributed by atoms with Crippen LogP contribution in [0.3, 0.4) is 0 Å². The summed E-state index contributed by atoms with van der Waals surface area (Å²) < 4.78 is 10.6. The maximum atomic E-state index is 11.0. The van der Waals surface area contributed by atoms with Crippen molar-refractivity contribution in [1.29, 1.82) is 0 Å². The molecule has 17 heavy (non-hydrogen) atoms.